The van der Waals surface area contributed by atoms with E-state index < -0.39 is 17.7 Å². The van der Waals surface area contributed by atoms with Gasteiger partial charge < -0.3 is 5.11 Å². The second-order valence-corrected chi connectivity index (χ2v) is 3.49. The normalized spacial score (nSPS) is 12.0. The van der Waals surface area contributed by atoms with Crippen LogP contribution in [0.5, 0.6) is 0 Å². The molecule has 0 saturated heterocycles. The van der Waals surface area contributed by atoms with E-state index in [1.165, 1.54) is 6.92 Å². The lowest BCUT2D eigenvalue weighted by atomic mass is 10.2. The summed E-state index contributed by atoms with van der Waals surface area (Å²) in [5, 5.41) is 8.90. The predicted octanol–water partition coefficient (Wildman–Crippen LogP) is 2.36. The molecule has 90 valence electrons. The third-order valence-electron chi connectivity index (χ3n) is 2.32. The average Bonchev–Trinajstić information content (AvgIpc) is 2.50. The van der Waals surface area contributed by atoms with Crippen LogP contribution >= 0.6 is 0 Å². The highest BCUT2D eigenvalue weighted by Gasteiger charge is 2.31. The molecule has 7 heteroatoms. The van der Waals surface area contributed by atoms with E-state index >= 15 is 0 Å². The van der Waals surface area contributed by atoms with Crippen LogP contribution in [0.25, 0.3) is 5.65 Å². The SMILES string of the molecule is Cc1nc2ccc(C(F)(F)F)cn2c1C(=O)O. The average molecular weight is 244 g/mol. The number of hydrogen-bond acceptors (Lipinski definition) is 2. The Balaban J connectivity index is 2.75. The molecule has 1 N–H and O–H groups in total. The smallest absolute Gasteiger partial charge is 0.417 e. The van der Waals surface area contributed by atoms with Gasteiger partial charge in [-0.15, -0.1) is 0 Å². The third kappa shape index (κ3) is 1.83. The van der Waals surface area contributed by atoms with E-state index in [1.54, 1.807) is 0 Å². The van der Waals surface area contributed by atoms with Crippen LogP contribution in [0.3, 0.4) is 0 Å². The fraction of sp³-hybridized carbons (Fsp3) is 0.200. The molecule has 17 heavy (non-hydrogen) atoms. The number of nitrogens with zero attached hydrogens (tertiary/aromatic N) is 2. The highest BCUT2D eigenvalue weighted by Crippen LogP contribution is 2.29. The molecular formula is C10H7F3N2O2. The Morgan fingerprint density at radius 3 is 2.59 bits per heavy atom. The van der Waals surface area contributed by atoms with Gasteiger partial charge in [-0.25, -0.2) is 9.78 Å². The van der Waals surface area contributed by atoms with Crippen LogP contribution in [0.2, 0.25) is 0 Å². The summed E-state index contributed by atoms with van der Waals surface area (Å²) >= 11 is 0. The van der Waals surface area contributed by atoms with Gasteiger partial charge in [-0.3, -0.25) is 4.40 Å². The van der Waals surface area contributed by atoms with Gasteiger partial charge in [0, 0.05) is 6.20 Å². The molecule has 2 aromatic rings. The van der Waals surface area contributed by atoms with Crippen LogP contribution in [0.4, 0.5) is 13.2 Å². The summed E-state index contributed by atoms with van der Waals surface area (Å²) in [5.41, 5.74) is -0.819. The highest BCUT2D eigenvalue weighted by molar-refractivity contribution is 5.88. The summed E-state index contributed by atoms with van der Waals surface area (Å²) in [6.45, 7) is 1.43. The number of hydrogen-bond donors (Lipinski definition) is 1. The monoisotopic (exact) mass is 244 g/mol. The van der Waals surface area contributed by atoms with Crippen LogP contribution in [-0.4, -0.2) is 20.5 Å². The molecule has 0 spiro atoms. The first-order valence-corrected chi connectivity index (χ1v) is 4.60. The molecule has 0 aromatic carbocycles. The van der Waals surface area contributed by atoms with E-state index in [4.69, 9.17) is 5.11 Å². The summed E-state index contributed by atoms with van der Waals surface area (Å²) in [7, 11) is 0. The molecule has 0 radical (unpaired) electrons. The van der Waals surface area contributed by atoms with Crippen molar-refractivity contribution in [2.45, 2.75) is 13.1 Å². The minimum Gasteiger partial charge on any atom is -0.477 e. The molecule has 0 aliphatic carbocycles. The van der Waals surface area contributed by atoms with Crippen LogP contribution in [0.15, 0.2) is 18.3 Å². The van der Waals surface area contributed by atoms with E-state index in [0.717, 1.165) is 22.7 Å². The Morgan fingerprint density at radius 1 is 1.41 bits per heavy atom. The second kappa shape index (κ2) is 3.47. The quantitative estimate of drug-likeness (QED) is 0.837. The van der Waals surface area contributed by atoms with Crippen molar-refractivity contribution in [2.24, 2.45) is 0 Å². The summed E-state index contributed by atoms with van der Waals surface area (Å²) in [5.74, 6) is -1.31. The van der Waals surface area contributed by atoms with Gasteiger partial charge in [-0.05, 0) is 19.1 Å². The first-order chi connectivity index (χ1) is 7.80. The first-order valence-electron chi connectivity index (χ1n) is 4.60. The number of imidazole rings is 1. The van der Waals surface area contributed by atoms with Crippen LogP contribution < -0.4 is 0 Å². The molecule has 0 saturated carbocycles. The number of aryl methyl sites for hydroxylation is 1. The Labute approximate surface area is 93.3 Å². The molecule has 4 nitrogen and oxygen atoms in total. The van der Waals surface area contributed by atoms with Gasteiger partial charge in [0.05, 0.1) is 11.3 Å². The number of fused-ring (bicyclic) bond motifs is 1. The number of alkyl halides is 3. The van der Waals surface area contributed by atoms with Crippen molar-refractivity contribution in [2.75, 3.05) is 0 Å². The predicted molar refractivity (Wildman–Crippen MR) is 51.9 cm³/mol. The molecule has 0 bridgehead atoms. The van der Waals surface area contributed by atoms with Gasteiger partial charge in [-0.1, -0.05) is 0 Å². The van der Waals surface area contributed by atoms with Gasteiger partial charge in [0.2, 0.25) is 0 Å². The number of pyridine rings is 1. The minimum atomic E-state index is -4.51. The Bertz CT molecular complexity index is 601. The number of rotatable bonds is 1. The standard InChI is InChI=1S/C10H7F3N2O2/c1-5-8(9(16)17)15-4-6(10(11,12)13)2-3-7(15)14-5/h2-4H,1H3,(H,16,17). The van der Waals surface area contributed by atoms with Crippen LogP contribution in [0.1, 0.15) is 21.7 Å². The Kier molecular flexibility index (Phi) is 2.34. The molecule has 2 rings (SSSR count). The molecule has 0 amide bonds. The van der Waals surface area contributed by atoms with Crippen molar-refractivity contribution >= 4 is 11.6 Å². The van der Waals surface area contributed by atoms with Crippen LogP contribution in [-0.2, 0) is 6.18 Å². The van der Waals surface area contributed by atoms with Gasteiger partial charge in [0.15, 0.2) is 5.69 Å². The lowest BCUT2D eigenvalue weighted by Crippen LogP contribution is -2.09. The number of halogens is 3. The zero-order chi connectivity index (χ0) is 12.8. The van der Waals surface area contributed by atoms with Gasteiger partial charge in [0.1, 0.15) is 5.65 Å². The first kappa shape index (κ1) is 11.4. The molecular weight excluding hydrogens is 237 g/mol. The summed E-state index contributed by atoms with van der Waals surface area (Å²) in [4.78, 5) is 14.8. The topological polar surface area (TPSA) is 54.6 Å². The third-order valence-corrected chi connectivity index (χ3v) is 2.32. The molecule has 0 aliphatic heterocycles. The molecule has 2 heterocycles. The van der Waals surface area contributed by atoms with E-state index in [-0.39, 0.29) is 17.0 Å². The zero-order valence-corrected chi connectivity index (χ0v) is 8.62. The minimum absolute atomic E-state index is 0.174. The summed E-state index contributed by atoms with van der Waals surface area (Å²) < 4.78 is 38.4. The lowest BCUT2D eigenvalue weighted by Gasteiger charge is -2.07. The number of carbonyl (C=O) groups is 1. The number of carboxylic acids is 1. The second-order valence-electron chi connectivity index (χ2n) is 3.49. The van der Waals surface area contributed by atoms with E-state index in [2.05, 4.69) is 4.98 Å². The molecule has 0 fully saturated rings. The van der Waals surface area contributed by atoms with Crippen molar-refractivity contribution in [3.63, 3.8) is 0 Å². The maximum absolute atomic E-state index is 12.5. The highest BCUT2D eigenvalue weighted by atomic mass is 19.4. The van der Waals surface area contributed by atoms with Gasteiger partial charge in [-0.2, -0.15) is 13.2 Å². The Hall–Kier alpha value is -2.05. The van der Waals surface area contributed by atoms with E-state index in [0.29, 0.717) is 0 Å². The van der Waals surface area contributed by atoms with Crippen molar-refractivity contribution < 1.29 is 23.1 Å². The van der Waals surface area contributed by atoms with E-state index in [1.807, 2.05) is 0 Å². The van der Waals surface area contributed by atoms with E-state index in [9.17, 15) is 18.0 Å². The van der Waals surface area contributed by atoms with Crippen LogP contribution in [0, 0.1) is 6.92 Å². The number of carboxylic acid groups (broad SMARTS) is 1. The van der Waals surface area contributed by atoms with Crippen molar-refractivity contribution in [1.29, 1.82) is 0 Å². The number of aromatic nitrogens is 2. The zero-order valence-electron chi connectivity index (χ0n) is 8.62. The van der Waals surface area contributed by atoms with Crippen molar-refractivity contribution in [3.8, 4) is 0 Å². The summed E-state index contributed by atoms with van der Waals surface area (Å²) in [6.07, 6.45) is -3.78. The number of aromatic carboxylic acids is 1. The van der Waals surface area contributed by atoms with Gasteiger partial charge >= 0.3 is 12.1 Å². The van der Waals surface area contributed by atoms with Crippen molar-refractivity contribution in [1.82, 2.24) is 9.38 Å². The molecule has 0 atom stereocenters. The van der Waals surface area contributed by atoms with Gasteiger partial charge in [0.25, 0.3) is 0 Å². The maximum atomic E-state index is 12.5. The summed E-state index contributed by atoms with van der Waals surface area (Å²) in [6, 6.07) is 2.01. The molecule has 0 aliphatic rings. The largest absolute Gasteiger partial charge is 0.477 e. The fourth-order valence-electron chi connectivity index (χ4n) is 1.59. The lowest BCUT2D eigenvalue weighted by molar-refractivity contribution is -0.137. The van der Waals surface area contributed by atoms with Crippen molar-refractivity contribution in [3.05, 3.63) is 35.3 Å². The maximum Gasteiger partial charge on any atom is 0.417 e. The Morgan fingerprint density at radius 2 is 2.06 bits per heavy atom. The molecule has 2 aromatic heterocycles. The fourth-order valence-corrected chi connectivity index (χ4v) is 1.59. The molecule has 0 unspecified atom stereocenters.